The minimum atomic E-state index is -0.232. The Morgan fingerprint density at radius 1 is 1.40 bits per heavy atom. The van der Waals surface area contributed by atoms with Crippen molar-refractivity contribution in [3.8, 4) is 0 Å². The molecule has 0 radical (unpaired) electrons. The van der Waals surface area contributed by atoms with E-state index in [1.165, 1.54) is 12.1 Å². The van der Waals surface area contributed by atoms with Gasteiger partial charge in [0.2, 0.25) is 0 Å². The Hall–Kier alpha value is -1.20. The highest BCUT2D eigenvalue weighted by Crippen LogP contribution is 2.19. The molecule has 20 heavy (non-hydrogen) atoms. The fourth-order valence-corrected chi connectivity index (χ4v) is 2.40. The van der Waals surface area contributed by atoms with Gasteiger partial charge in [-0.25, -0.2) is 9.37 Å². The van der Waals surface area contributed by atoms with Crippen LogP contribution in [0.5, 0.6) is 0 Å². The van der Waals surface area contributed by atoms with Gasteiger partial charge in [-0.05, 0) is 30.2 Å². The molecule has 1 aromatic heterocycles. The van der Waals surface area contributed by atoms with E-state index in [9.17, 15) is 4.39 Å². The van der Waals surface area contributed by atoms with Gasteiger partial charge in [0.1, 0.15) is 5.82 Å². The maximum absolute atomic E-state index is 13.0. The number of nitrogens with zero attached hydrogens (tertiary/aromatic N) is 2. The van der Waals surface area contributed by atoms with E-state index >= 15 is 0 Å². The number of rotatable bonds is 6. The van der Waals surface area contributed by atoms with Crippen molar-refractivity contribution < 1.29 is 4.39 Å². The summed E-state index contributed by atoms with van der Waals surface area (Å²) in [6.45, 7) is 6.79. The van der Waals surface area contributed by atoms with Crippen LogP contribution in [0.15, 0.2) is 35.2 Å². The summed E-state index contributed by atoms with van der Waals surface area (Å²) in [6, 6.07) is 4.75. The van der Waals surface area contributed by atoms with Crippen molar-refractivity contribution in [2.75, 3.05) is 6.54 Å². The summed E-state index contributed by atoms with van der Waals surface area (Å²) in [4.78, 5) is 4.37. The third-order valence-electron chi connectivity index (χ3n) is 2.91. The van der Waals surface area contributed by atoms with E-state index in [2.05, 4.69) is 40.1 Å². The quantitative estimate of drug-likeness (QED) is 0.871. The van der Waals surface area contributed by atoms with Crippen LogP contribution in [0.2, 0.25) is 0 Å². The van der Waals surface area contributed by atoms with E-state index in [1.54, 1.807) is 6.07 Å². The summed E-state index contributed by atoms with van der Waals surface area (Å²) in [6.07, 6.45) is 3.82. The van der Waals surface area contributed by atoms with Crippen molar-refractivity contribution >= 4 is 15.9 Å². The van der Waals surface area contributed by atoms with Crippen molar-refractivity contribution in [2.24, 2.45) is 5.92 Å². The Bertz CT molecular complexity index is 566. The Morgan fingerprint density at radius 2 is 2.20 bits per heavy atom. The molecule has 108 valence electrons. The molecule has 0 aliphatic rings. The van der Waals surface area contributed by atoms with Crippen LogP contribution in [0.25, 0.3) is 0 Å². The standard InChI is InChI=1S/C15H19BrFN3/c1-11(2)6-18-7-14-9-20(10-19-14)8-12-3-4-13(17)5-15(12)16/h3-5,9-11,18H,6-8H2,1-2H3. The molecule has 0 saturated carbocycles. The number of hydrogen-bond acceptors (Lipinski definition) is 2. The predicted octanol–water partition coefficient (Wildman–Crippen LogP) is 3.58. The van der Waals surface area contributed by atoms with Crippen molar-refractivity contribution in [2.45, 2.75) is 26.9 Å². The van der Waals surface area contributed by atoms with Crippen LogP contribution in [0, 0.1) is 11.7 Å². The van der Waals surface area contributed by atoms with Gasteiger partial charge in [-0.3, -0.25) is 0 Å². The van der Waals surface area contributed by atoms with E-state index in [1.807, 2.05) is 17.1 Å². The normalized spacial score (nSPS) is 11.2. The monoisotopic (exact) mass is 339 g/mol. The highest BCUT2D eigenvalue weighted by Gasteiger charge is 2.04. The molecule has 5 heteroatoms. The SMILES string of the molecule is CC(C)CNCc1cn(Cc2ccc(F)cc2Br)cn1. The van der Waals surface area contributed by atoms with Crippen molar-refractivity contribution in [1.29, 1.82) is 0 Å². The summed E-state index contributed by atoms with van der Waals surface area (Å²) in [5, 5.41) is 3.36. The van der Waals surface area contributed by atoms with E-state index in [0.717, 1.165) is 28.8 Å². The van der Waals surface area contributed by atoms with Crippen LogP contribution in [-0.4, -0.2) is 16.1 Å². The molecule has 0 atom stereocenters. The van der Waals surface area contributed by atoms with Crippen LogP contribution in [0.3, 0.4) is 0 Å². The zero-order valence-electron chi connectivity index (χ0n) is 11.7. The lowest BCUT2D eigenvalue weighted by atomic mass is 10.2. The fourth-order valence-electron chi connectivity index (χ4n) is 1.92. The Labute approximate surface area is 127 Å². The van der Waals surface area contributed by atoms with Gasteiger partial charge in [0.25, 0.3) is 0 Å². The van der Waals surface area contributed by atoms with Gasteiger partial charge in [-0.15, -0.1) is 0 Å². The van der Waals surface area contributed by atoms with Crippen LogP contribution in [0.4, 0.5) is 4.39 Å². The smallest absolute Gasteiger partial charge is 0.124 e. The summed E-state index contributed by atoms with van der Waals surface area (Å²) in [5.41, 5.74) is 2.05. The molecule has 3 nitrogen and oxygen atoms in total. The second-order valence-electron chi connectivity index (χ2n) is 5.30. The zero-order chi connectivity index (χ0) is 14.5. The highest BCUT2D eigenvalue weighted by atomic mass is 79.9. The van der Waals surface area contributed by atoms with Crippen LogP contribution in [0.1, 0.15) is 25.1 Å². The molecule has 0 unspecified atom stereocenters. The number of aromatic nitrogens is 2. The minimum absolute atomic E-state index is 0.232. The average Bonchev–Trinajstić information content (AvgIpc) is 2.80. The molecule has 1 N–H and O–H groups in total. The predicted molar refractivity (Wildman–Crippen MR) is 82.0 cm³/mol. The van der Waals surface area contributed by atoms with Crippen LogP contribution < -0.4 is 5.32 Å². The second kappa shape index (κ2) is 6.99. The Kier molecular flexibility index (Phi) is 5.31. The Balaban J connectivity index is 1.95. The third-order valence-corrected chi connectivity index (χ3v) is 3.65. The molecule has 0 aliphatic heterocycles. The van der Waals surface area contributed by atoms with Gasteiger partial charge in [0, 0.05) is 23.8 Å². The third kappa shape index (κ3) is 4.42. The summed E-state index contributed by atoms with van der Waals surface area (Å²) >= 11 is 3.38. The summed E-state index contributed by atoms with van der Waals surface area (Å²) in [7, 11) is 0. The molecule has 0 bridgehead atoms. The lowest BCUT2D eigenvalue weighted by Gasteiger charge is -2.06. The van der Waals surface area contributed by atoms with Gasteiger partial charge >= 0.3 is 0 Å². The largest absolute Gasteiger partial charge is 0.333 e. The number of nitrogens with one attached hydrogen (secondary N) is 1. The average molecular weight is 340 g/mol. The minimum Gasteiger partial charge on any atom is -0.333 e. The summed E-state index contributed by atoms with van der Waals surface area (Å²) < 4.78 is 15.8. The molecule has 0 fully saturated rings. The lowest BCUT2D eigenvalue weighted by molar-refractivity contribution is 0.548. The van der Waals surface area contributed by atoms with Gasteiger partial charge in [-0.2, -0.15) is 0 Å². The van der Waals surface area contributed by atoms with E-state index in [4.69, 9.17) is 0 Å². The maximum atomic E-state index is 13.0. The fraction of sp³-hybridized carbons (Fsp3) is 0.400. The van der Waals surface area contributed by atoms with E-state index in [-0.39, 0.29) is 5.82 Å². The Morgan fingerprint density at radius 3 is 2.90 bits per heavy atom. The molecule has 0 aliphatic carbocycles. The molecule has 1 heterocycles. The molecule has 0 amide bonds. The molecule has 1 aromatic carbocycles. The topological polar surface area (TPSA) is 29.9 Å². The van der Waals surface area contributed by atoms with Gasteiger partial charge in [-0.1, -0.05) is 35.8 Å². The zero-order valence-corrected chi connectivity index (χ0v) is 13.3. The molecular weight excluding hydrogens is 321 g/mol. The number of halogens is 2. The summed E-state index contributed by atoms with van der Waals surface area (Å²) in [5.74, 6) is 0.400. The second-order valence-corrected chi connectivity index (χ2v) is 6.15. The molecule has 0 saturated heterocycles. The first kappa shape index (κ1) is 15.2. The number of imidazole rings is 1. The molecular formula is C15H19BrFN3. The van der Waals surface area contributed by atoms with Crippen LogP contribution >= 0.6 is 15.9 Å². The van der Waals surface area contributed by atoms with Crippen molar-refractivity contribution in [3.63, 3.8) is 0 Å². The van der Waals surface area contributed by atoms with E-state index < -0.39 is 0 Å². The first-order valence-electron chi connectivity index (χ1n) is 6.70. The van der Waals surface area contributed by atoms with Crippen LogP contribution in [-0.2, 0) is 13.1 Å². The molecule has 0 spiro atoms. The number of hydrogen-bond donors (Lipinski definition) is 1. The van der Waals surface area contributed by atoms with Gasteiger partial charge in [0.15, 0.2) is 0 Å². The highest BCUT2D eigenvalue weighted by molar-refractivity contribution is 9.10. The maximum Gasteiger partial charge on any atom is 0.124 e. The first-order valence-corrected chi connectivity index (χ1v) is 7.49. The molecule has 2 rings (SSSR count). The first-order chi connectivity index (χ1) is 9.54. The molecule has 2 aromatic rings. The van der Waals surface area contributed by atoms with Gasteiger partial charge < -0.3 is 9.88 Å². The van der Waals surface area contributed by atoms with Crippen molar-refractivity contribution in [3.05, 3.63) is 52.3 Å². The van der Waals surface area contributed by atoms with E-state index in [0.29, 0.717) is 12.5 Å². The lowest BCUT2D eigenvalue weighted by Crippen LogP contribution is -2.19. The number of benzene rings is 1. The van der Waals surface area contributed by atoms with Gasteiger partial charge in [0.05, 0.1) is 12.0 Å². The van der Waals surface area contributed by atoms with Crippen molar-refractivity contribution in [1.82, 2.24) is 14.9 Å².